The van der Waals surface area contributed by atoms with Gasteiger partial charge in [0, 0.05) is 18.7 Å². The van der Waals surface area contributed by atoms with Crippen molar-refractivity contribution in [3.63, 3.8) is 0 Å². The van der Waals surface area contributed by atoms with Crippen molar-refractivity contribution in [1.29, 1.82) is 0 Å². The summed E-state index contributed by atoms with van der Waals surface area (Å²) in [5.74, 6) is 1.42. The first kappa shape index (κ1) is 15.5. The van der Waals surface area contributed by atoms with Gasteiger partial charge >= 0.3 is 6.03 Å². The normalized spacial score (nSPS) is 17.7. The molecule has 0 radical (unpaired) electrons. The molecule has 0 fully saturated rings. The Bertz CT molecular complexity index is 864. The monoisotopic (exact) mass is 342 g/mol. The number of aromatic amines is 1. The Morgan fingerprint density at radius 2 is 2.16 bits per heavy atom. The minimum atomic E-state index is -0.232. The summed E-state index contributed by atoms with van der Waals surface area (Å²) in [5, 5.41) is 12.3. The molecule has 25 heavy (non-hydrogen) atoms. The van der Waals surface area contributed by atoms with Gasteiger partial charge in [-0.15, -0.1) is 0 Å². The lowest BCUT2D eigenvalue weighted by Gasteiger charge is -2.24. The van der Waals surface area contributed by atoms with Crippen LogP contribution in [0, 0.1) is 0 Å². The summed E-state index contributed by atoms with van der Waals surface area (Å²) in [6.45, 7) is 0.626. The highest BCUT2D eigenvalue weighted by atomic mass is 16.7. The fourth-order valence-corrected chi connectivity index (χ4v) is 3.13. The summed E-state index contributed by atoms with van der Waals surface area (Å²) in [6, 6.07) is 6.90. The van der Waals surface area contributed by atoms with E-state index in [9.17, 15) is 9.59 Å². The maximum atomic E-state index is 12.1. The molecule has 2 aliphatic rings. The topological polar surface area (TPSA) is 105 Å². The zero-order valence-corrected chi connectivity index (χ0v) is 13.5. The van der Waals surface area contributed by atoms with Crippen LogP contribution in [0.4, 0.5) is 4.79 Å². The predicted octanol–water partition coefficient (Wildman–Crippen LogP) is 0.855. The number of nitrogens with zero attached hydrogens (tertiary/aromatic N) is 1. The standard InChI is InChI=1S/C17H18N4O4/c22-16-7-11-6-12(2-3-13(11)20-21-16)19-17(23)18-8-10-1-4-14-15(5-10)25-9-24-14/h1,4-5,7,12H,2-3,6,8-9H2,(H,21,22)(H2,18,19,23). The summed E-state index contributed by atoms with van der Waals surface area (Å²) in [6.07, 6.45) is 2.15. The van der Waals surface area contributed by atoms with E-state index < -0.39 is 0 Å². The minimum Gasteiger partial charge on any atom is -0.454 e. The Balaban J connectivity index is 1.31. The molecule has 8 nitrogen and oxygen atoms in total. The number of H-pyrrole nitrogens is 1. The lowest BCUT2D eigenvalue weighted by Crippen LogP contribution is -2.44. The van der Waals surface area contributed by atoms with Gasteiger partial charge in [-0.3, -0.25) is 4.79 Å². The second-order valence-electron chi connectivity index (χ2n) is 6.16. The van der Waals surface area contributed by atoms with Crippen LogP contribution in [0.1, 0.15) is 23.2 Å². The predicted molar refractivity (Wildman–Crippen MR) is 88.6 cm³/mol. The number of amides is 2. The number of ether oxygens (including phenoxy) is 2. The number of carbonyl (C=O) groups excluding carboxylic acids is 1. The largest absolute Gasteiger partial charge is 0.454 e. The van der Waals surface area contributed by atoms with Crippen molar-refractivity contribution in [2.45, 2.75) is 31.8 Å². The van der Waals surface area contributed by atoms with E-state index in [2.05, 4.69) is 20.8 Å². The minimum absolute atomic E-state index is 0.00662. The van der Waals surface area contributed by atoms with Crippen LogP contribution in [0.25, 0.3) is 0 Å². The maximum Gasteiger partial charge on any atom is 0.315 e. The summed E-state index contributed by atoms with van der Waals surface area (Å²) >= 11 is 0. The number of fused-ring (bicyclic) bond motifs is 2. The second kappa shape index (κ2) is 6.46. The Kier molecular flexibility index (Phi) is 4.01. The first-order valence-corrected chi connectivity index (χ1v) is 8.18. The van der Waals surface area contributed by atoms with Crippen LogP contribution in [-0.4, -0.2) is 29.1 Å². The highest BCUT2D eigenvalue weighted by Gasteiger charge is 2.21. The number of urea groups is 1. The van der Waals surface area contributed by atoms with Gasteiger partial charge in [-0.05, 0) is 42.5 Å². The van der Waals surface area contributed by atoms with E-state index in [1.807, 2.05) is 18.2 Å². The van der Waals surface area contributed by atoms with E-state index in [0.717, 1.165) is 35.4 Å². The molecule has 2 heterocycles. The van der Waals surface area contributed by atoms with E-state index in [1.165, 1.54) is 0 Å². The first-order valence-electron chi connectivity index (χ1n) is 8.18. The Labute approximate surface area is 143 Å². The van der Waals surface area contributed by atoms with Crippen LogP contribution < -0.4 is 25.7 Å². The molecule has 0 saturated heterocycles. The fraction of sp³-hybridized carbons (Fsp3) is 0.353. The van der Waals surface area contributed by atoms with Crippen molar-refractivity contribution in [3.8, 4) is 11.5 Å². The maximum absolute atomic E-state index is 12.1. The van der Waals surface area contributed by atoms with Gasteiger partial charge in [0.2, 0.25) is 6.79 Å². The SMILES string of the molecule is O=C(NCc1ccc2c(c1)OCO2)NC1CCc2n[nH]c(=O)cc2C1. The van der Waals surface area contributed by atoms with Gasteiger partial charge in [-0.2, -0.15) is 5.10 Å². The van der Waals surface area contributed by atoms with Gasteiger partial charge < -0.3 is 20.1 Å². The van der Waals surface area contributed by atoms with Gasteiger partial charge in [0.25, 0.3) is 5.56 Å². The Morgan fingerprint density at radius 3 is 3.08 bits per heavy atom. The van der Waals surface area contributed by atoms with Crippen molar-refractivity contribution in [3.05, 3.63) is 51.4 Å². The summed E-state index contributed by atoms with van der Waals surface area (Å²) in [5.41, 5.74) is 2.52. The van der Waals surface area contributed by atoms with Crippen molar-refractivity contribution in [1.82, 2.24) is 20.8 Å². The first-order chi connectivity index (χ1) is 12.2. The number of rotatable bonds is 3. The summed E-state index contributed by atoms with van der Waals surface area (Å²) in [7, 11) is 0. The van der Waals surface area contributed by atoms with E-state index in [-0.39, 0.29) is 24.4 Å². The van der Waals surface area contributed by atoms with Crippen LogP contribution in [0.3, 0.4) is 0 Å². The number of aryl methyl sites for hydroxylation is 1. The molecule has 2 aromatic rings. The number of aromatic nitrogens is 2. The molecule has 8 heteroatoms. The zero-order chi connectivity index (χ0) is 17.2. The summed E-state index contributed by atoms with van der Waals surface area (Å²) in [4.78, 5) is 23.5. The molecule has 130 valence electrons. The van der Waals surface area contributed by atoms with Crippen LogP contribution in [0.5, 0.6) is 11.5 Å². The van der Waals surface area contributed by atoms with Crippen LogP contribution in [0.15, 0.2) is 29.1 Å². The molecule has 2 amide bonds. The highest BCUT2D eigenvalue weighted by Crippen LogP contribution is 2.32. The molecule has 0 spiro atoms. The number of carbonyl (C=O) groups is 1. The average Bonchev–Trinajstić information content (AvgIpc) is 3.07. The summed E-state index contributed by atoms with van der Waals surface area (Å²) < 4.78 is 10.6. The van der Waals surface area contributed by atoms with E-state index in [0.29, 0.717) is 18.7 Å². The molecular formula is C17H18N4O4. The van der Waals surface area contributed by atoms with Gasteiger partial charge in [0.05, 0.1) is 5.69 Å². The number of benzene rings is 1. The van der Waals surface area contributed by atoms with Gasteiger partial charge in [0.15, 0.2) is 11.5 Å². The molecule has 1 unspecified atom stereocenters. The van der Waals surface area contributed by atoms with Gasteiger partial charge in [-0.1, -0.05) is 6.07 Å². The van der Waals surface area contributed by atoms with Crippen LogP contribution >= 0.6 is 0 Å². The quantitative estimate of drug-likeness (QED) is 0.767. The molecule has 1 aliphatic carbocycles. The third kappa shape index (κ3) is 3.42. The molecule has 1 aromatic carbocycles. The Morgan fingerprint density at radius 1 is 1.28 bits per heavy atom. The molecular weight excluding hydrogens is 324 g/mol. The molecule has 1 aromatic heterocycles. The third-order valence-electron chi connectivity index (χ3n) is 4.40. The number of hydrogen-bond acceptors (Lipinski definition) is 5. The van der Waals surface area contributed by atoms with Gasteiger partial charge in [0.1, 0.15) is 0 Å². The lowest BCUT2D eigenvalue weighted by molar-refractivity contribution is 0.174. The van der Waals surface area contributed by atoms with Gasteiger partial charge in [-0.25, -0.2) is 9.89 Å². The molecule has 3 N–H and O–H groups in total. The molecule has 0 saturated carbocycles. The van der Waals surface area contributed by atoms with Crippen molar-refractivity contribution in [2.75, 3.05) is 6.79 Å². The van der Waals surface area contributed by atoms with E-state index >= 15 is 0 Å². The second-order valence-corrected chi connectivity index (χ2v) is 6.16. The van der Waals surface area contributed by atoms with Crippen molar-refractivity contribution >= 4 is 6.03 Å². The molecule has 1 atom stereocenters. The number of nitrogens with one attached hydrogen (secondary N) is 3. The molecule has 0 bridgehead atoms. The lowest BCUT2D eigenvalue weighted by atomic mass is 9.92. The van der Waals surface area contributed by atoms with Crippen LogP contribution in [0.2, 0.25) is 0 Å². The van der Waals surface area contributed by atoms with E-state index in [1.54, 1.807) is 6.07 Å². The van der Waals surface area contributed by atoms with E-state index in [4.69, 9.17) is 9.47 Å². The van der Waals surface area contributed by atoms with Crippen molar-refractivity contribution < 1.29 is 14.3 Å². The average molecular weight is 342 g/mol. The smallest absolute Gasteiger partial charge is 0.315 e. The van der Waals surface area contributed by atoms with Crippen molar-refractivity contribution in [2.24, 2.45) is 0 Å². The number of hydrogen-bond donors (Lipinski definition) is 3. The molecule has 4 rings (SSSR count). The van der Waals surface area contributed by atoms with Crippen LogP contribution in [-0.2, 0) is 19.4 Å². The zero-order valence-electron chi connectivity index (χ0n) is 13.5. The Hall–Kier alpha value is -3.03. The molecule has 1 aliphatic heterocycles. The highest BCUT2D eigenvalue weighted by molar-refractivity contribution is 5.74. The third-order valence-corrected chi connectivity index (χ3v) is 4.40. The fourth-order valence-electron chi connectivity index (χ4n) is 3.13.